The van der Waals surface area contributed by atoms with E-state index in [2.05, 4.69) is 5.10 Å². The van der Waals surface area contributed by atoms with Gasteiger partial charge in [-0.1, -0.05) is 30.3 Å². The largest absolute Gasteiger partial charge is 0.473 e. The average molecular weight is 481 g/mol. The van der Waals surface area contributed by atoms with Gasteiger partial charge in [0.05, 0.1) is 23.6 Å². The number of amides is 2. The molecule has 0 aliphatic carbocycles. The fourth-order valence-electron chi connectivity index (χ4n) is 4.80. The molecule has 0 saturated carbocycles. The zero-order valence-electron chi connectivity index (χ0n) is 19.4. The Labute approximate surface area is 202 Å². The Hall–Kier alpha value is -3.63. The molecule has 2 aliphatic heterocycles. The van der Waals surface area contributed by atoms with E-state index < -0.39 is 18.2 Å². The van der Waals surface area contributed by atoms with Gasteiger partial charge in [-0.3, -0.25) is 9.69 Å². The molecule has 4 heterocycles. The maximum Gasteiger partial charge on any atom is 0.322 e. The molecular weight excluding hydrogens is 452 g/mol. The molecule has 2 aliphatic rings. The lowest BCUT2D eigenvalue weighted by Gasteiger charge is -2.30. The van der Waals surface area contributed by atoms with Gasteiger partial charge < -0.3 is 24.3 Å². The van der Waals surface area contributed by atoms with Crippen molar-refractivity contribution in [3.8, 4) is 5.88 Å². The molecule has 184 valence electrons. The Bertz CT molecular complexity index is 1180. The fraction of sp³-hybridized carbons (Fsp3) is 0.400. The van der Waals surface area contributed by atoms with E-state index in [0.717, 1.165) is 5.56 Å². The van der Waals surface area contributed by atoms with Crippen molar-refractivity contribution < 1.29 is 29.0 Å². The number of β-amino-alcohol motifs (C(OH)–C–C–N with tert-alkyl or cyclic N) is 1. The minimum atomic E-state index is -0.997. The van der Waals surface area contributed by atoms with Gasteiger partial charge in [0.15, 0.2) is 0 Å². The van der Waals surface area contributed by atoms with Crippen LogP contribution in [0, 0.1) is 0 Å². The van der Waals surface area contributed by atoms with Gasteiger partial charge in [0.2, 0.25) is 5.88 Å². The number of carbonyl (C=O) groups is 2. The molecule has 2 aromatic heterocycles. The Morgan fingerprint density at radius 1 is 1.20 bits per heavy atom. The molecule has 0 spiro atoms. The van der Waals surface area contributed by atoms with E-state index in [0.29, 0.717) is 24.2 Å². The normalized spacial score (nSPS) is 24.2. The highest BCUT2D eigenvalue weighted by atomic mass is 16.5. The van der Waals surface area contributed by atoms with Crippen molar-refractivity contribution in [3.05, 3.63) is 71.8 Å². The first-order valence-electron chi connectivity index (χ1n) is 11.7. The van der Waals surface area contributed by atoms with Gasteiger partial charge in [0, 0.05) is 37.5 Å². The highest BCUT2D eigenvalue weighted by molar-refractivity contribution is 5.95. The number of hydrogen-bond donors (Lipinski definition) is 2. The maximum atomic E-state index is 13.1. The summed E-state index contributed by atoms with van der Waals surface area (Å²) < 4.78 is 12.2. The van der Waals surface area contributed by atoms with Gasteiger partial charge in [-0.25, -0.2) is 4.79 Å². The second kappa shape index (κ2) is 9.55. The van der Waals surface area contributed by atoms with Crippen molar-refractivity contribution in [3.63, 3.8) is 0 Å². The van der Waals surface area contributed by atoms with Crippen LogP contribution < -0.4 is 4.74 Å². The molecule has 4 atom stereocenters. The molecule has 1 aromatic carbocycles. The second-order valence-electron chi connectivity index (χ2n) is 9.05. The third-order valence-corrected chi connectivity index (χ3v) is 6.73. The molecule has 10 heteroatoms. The molecule has 0 radical (unpaired) electrons. The number of aliphatic hydroxyl groups is 2. The summed E-state index contributed by atoms with van der Waals surface area (Å²) in [6.07, 6.45) is 2.02. The maximum absolute atomic E-state index is 13.1. The van der Waals surface area contributed by atoms with E-state index in [1.807, 2.05) is 37.3 Å². The van der Waals surface area contributed by atoms with Gasteiger partial charge in [0.25, 0.3) is 5.91 Å². The van der Waals surface area contributed by atoms with Gasteiger partial charge in [-0.15, -0.1) is 0 Å². The summed E-state index contributed by atoms with van der Waals surface area (Å²) in [4.78, 5) is 29.2. The Morgan fingerprint density at radius 3 is 2.69 bits per heavy atom. The van der Waals surface area contributed by atoms with Crippen molar-refractivity contribution in [2.24, 2.45) is 0 Å². The van der Waals surface area contributed by atoms with Gasteiger partial charge in [-0.05, 0) is 25.0 Å². The minimum Gasteiger partial charge on any atom is -0.473 e. The number of rotatable bonds is 5. The zero-order chi connectivity index (χ0) is 24.5. The second-order valence-corrected chi connectivity index (χ2v) is 9.05. The summed E-state index contributed by atoms with van der Waals surface area (Å²) in [5.41, 5.74) is 1.81. The van der Waals surface area contributed by atoms with Gasteiger partial charge in [-0.2, -0.15) is 9.78 Å². The number of aliphatic hydroxyl groups excluding tert-OH is 2. The first-order chi connectivity index (χ1) is 16.9. The summed E-state index contributed by atoms with van der Waals surface area (Å²) in [6, 6.07) is 12.1. The summed E-state index contributed by atoms with van der Waals surface area (Å²) in [5, 5.41) is 25.1. The van der Waals surface area contributed by atoms with Crippen LogP contribution in [0.25, 0.3) is 0 Å². The highest BCUT2D eigenvalue weighted by Gasteiger charge is 2.45. The number of furan rings is 1. The van der Waals surface area contributed by atoms with E-state index in [1.54, 1.807) is 17.0 Å². The molecule has 4 unspecified atom stereocenters. The lowest BCUT2D eigenvalue weighted by atomic mass is 9.98. The molecule has 35 heavy (non-hydrogen) atoms. The topological polar surface area (TPSA) is 121 Å². The Morgan fingerprint density at radius 2 is 2.00 bits per heavy atom. The van der Waals surface area contributed by atoms with Crippen molar-refractivity contribution >= 4 is 11.9 Å². The smallest absolute Gasteiger partial charge is 0.322 e. The Balaban J connectivity index is 1.40. The summed E-state index contributed by atoms with van der Waals surface area (Å²) >= 11 is 0. The number of carbonyl (C=O) groups excluding carboxylic acids is 2. The van der Waals surface area contributed by atoms with Crippen LogP contribution in [-0.2, 0) is 6.61 Å². The number of ether oxygens (including phenoxy) is 1. The summed E-state index contributed by atoms with van der Waals surface area (Å²) in [7, 11) is 0. The average Bonchev–Trinajstić information content (AvgIpc) is 3.65. The number of hydrogen-bond acceptors (Lipinski definition) is 7. The van der Waals surface area contributed by atoms with Crippen molar-refractivity contribution in [1.29, 1.82) is 0 Å². The van der Waals surface area contributed by atoms with E-state index >= 15 is 0 Å². The predicted molar refractivity (Wildman–Crippen MR) is 124 cm³/mol. The van der Waals surface area contributed by atoms with Crippen LogP contribution in [0.4, 0.5) is 4.79 Å². The zero-order valence-corrected chi connectivity index (χ0v) is 19.4. The molecule has 2 amide bonds. The summed E-state index contributed by atoms with van der Waals surface area (Å²) in [6.45, 7) is 2.80. The SMILES string of the molecule is CC1C(c2cc(OCc3ccccc3)n(C(=O)c3ccoc3)n2)CC(O)N1C(=O)N1CCC(O)C1. The van der Waals surface area contributed by atoms with E-state index in [4.69, 9.17) is 9.15 Å². The molecular formula is C25H28N4O6. The number of benzene rings is 1. The third kappa shape index (κ3) is 4.54. The van der Waals surface area contributed by atoms with Crippen molar-refractivity contribution in [2.45, 2.75) is 50.7 Å². The minimum absolute atomic E-state index is 0.245. The summed E-state index contributed by atoms with van der Waals surface area (Å²) in [5.74, 6) is -0.443. The molecule has 10 nitrogen and oxygen atoms in total. The number of likely N-dealkylation sites (tertiary alicyclic amines) is 2. The van der Waals surface area contributed by atoms with E-state index in [1.165, 1.54) is 22.1 Å². The highest BCUT2D eigenvalue weighted by Crippen LogP contribution is 2.38. The van der Waals surface area contributed by atoms with Crippen molar-refractivity contribution in [2.75, 3.05) is 13.1 Å². The number of aromatic nitrogens is 2. The number of nitrogens with zero attached hydrogens (tertiary/aromatic N) is 4. The molecule has 3 aromatic rings. The third-order valence-electron chi connectivity index (χ3n) is 6.73. The lowest BCUT2D eigenvalue weighted by molar-refractivity contribution is 0.0339. The number of urea groups is 1. The molecule has 5 rings (SSSR count). The van der Waals surface area contributed by atoms with E-state index in [9.17, 15) is 19.8 Å². The lowest BCUT2D eigenvalue weighted by Crippen LogP contribution is -2.48. The van der Waals surface area contributed by atoms with Crippen LogP contribution in [0.5, 0.6) is 5.88 Å². The van der Waals surface area contributed by atoms with Crippen LogP contribution in [-0.4, -0.2) is 73.2 Å². The van der Waals surface area contributed by atoms with Gasteiger partial charge in [0.1, 0.15) is 19.1 Å². The van der Waals surface area contributed by atoms with Crippen LogP contribution in [0.3, 0.4) is 0 Å². The van der Waals surface area contributed by atoms with E-state index in [-0.39, 0.29) is 43.4 Å². The van der Waals surface area contributed by atoms with Crippen LogP contribution in [0.2, 0.25) is 0 Å². The Kier molecular flexibility index (Phi) is 6.31. The first kappa shape index (κ1) is 23.1. The van der Waals surface area contributed by atoms with Crippen LogP contribution in [0.15, 0.2) is 59.4 Å². The quantitative estimate of drug-likeness (QED) is 0.575. The standard InChI is InChI=1S/C25H28N4O6/c1-16-20(11-22(31)28(16)25(33)27-9-7-19(30)13-27)21-12-23(35-14-17-5-3-2-4-6-17)29(26-21)24(32)18-8-10-34-15-18/h2-6,8,10,12,15-16,19-20,22,30-31H,7,9,11,13-14H2,1H3. The van der Waals surface area contributed by atoms with Gasteiger partial charge >= 0.3 is 6.03 Å². The van der Waals surface area contributed by atoms with Crippen molar-refractivity contribution in [1.82, 2.24) is 19.6 Å². The van der Waals surface area contributed by atoms with Crippen LogP contribution in [0.1, 0.15) is 47.3 Å². The first-order valence-corrected chi connectivity index (χ1v) is 11.7. The monoisotopic (exact) mass is 480 g/mol. The predicted octanol–water partition coefficient (Wildman–Crippen LogP) is 2.43. The molecule has 0 bridgehead atoms. The molecule has 2 N–H and O–H groups in total. The molecule has 2 saturated heterocycles. The molecule has 2 fully saturated rings. The fourth-order valence-corrected chi connectivity index (χ4v) is 4.80. The van der Waals surface area contributed by atoms with Crippen LogP contribution >= 0.6 is 0 Å².